The van der Waals surface area contributed by atoms with Gasteiger partial charge in [-0.15, -0.1) is 0 Å². The van der Waals surface area contributed by atoms with Crippen LogP contribution < -0.4 is 15.5 Å². The van der Waals surface area contributed by atoms with E-state index >= 15 is 4.39 Å². The summed E-state index contributed by atoms with van der Waals surface area (Å²) in [6, 6.07) is 13.6. The zero-order valence-electron chi connectivity index (χ0n) is 19.1. The molecule has 5 rings (SSSR count). The predicted molar refractivity (Wildman–Crippen MR) is 130 cm³/mol. The van der Waals surface area contributed by atoms with E-state index in [4.69, 9.17) is 4.74 Å². The lowest BCUT2D eigenvalue weighted by molar-refractivity contribution is -0.119. The van der Waals surface area contributed by atoms with Crippen molar-refractivity contribution >= 4 is 40.2 Å². The van der Waals surface area contributed by atoms with Crippen molar-refractivity contribution in [2.24, 2.45) is 0 Å². The number of rotatable bonds is 6. The first-order valence-electron chi connectivity index (χ1n) is 11.1. The quantitative estimate of drug-likeness (QED) is 0.430. The highest BCUT2D eigenvalue weighted by atomic mass is 19.1. The number of anilines is 2. The molecule has 182 valence electrons. The van der Waals surface area contributed by atoms with Gasteiger partial charge in [0.15, 0.2) is 0 Å². The number of carbonyl (C=O) groups is 3. The van der Waals surface area contributed by atoms with Crippen LogP contribution in [-0.4, -0.2) is 51.6 Å². The number of aromatic nitrogens is 3. The summed E-state index contributed by atoms with van der Waals surface area (Å²) in [5.41, 5.74) is 0.541. The van der Waals surface area contributed by atoms with Crippen LogP contribution in [0.2, 0.25) is 0 Å². The highest BCUT2D eigenvalue weighted by molar-refractivity contribution is 6.07. The number of ether oxygens (including phenoxy) is 1. The number of fused-ring (bicyclic) bond motifs is 1. The third-order valence-corrected chi connectivity index (χ3v) is 5.69. The number of nitrogens with zero attached hydrogens (tertiary/aromatic N) is 4. The Bertz CT molecular complexity index is 1480. The van der Waals surface area contributed by atoms with Crippen LogP contribution in [0, 0.1) is 5.82 Å². The van der Waals surface area contributed by atoms with Gasteiger partial charge in [-0.05, 0) is 29.7 Å². The largest absolute Gasteiger partial charge is 0.442 e. The summed E-state index contributed by atoms with van der Waals surface area (Å²) in [5, 5.41) is 7.06. The Kier molecular flexibility index (Phi) is 6.03. The number of hydrogen-bond donors (Lipinski definition) is 2. The Morgan fingerprint density at radius 2 is 2.00 bits per heavy atom. The number of halogens is 1. The molecule has 1 aliphatic heterocycles. The first-order valence-corrected chi connectivity index (χ1v) is 11.1. The van der Waals surface area contributed by atoms with Gasteiger partial charge in [-0.3, -0.25) is 14.5 Å². The third-order valence-electron chi connectivity index (χ3n) is 5.69. The van der Waals surface area contributed by atoms with E-state index in [0.717, 1.165) is 10.8 Å². The van der Waals surface area contributed by atoms with Gasteiger partial charge in [0.2, 0.25) is 5.91 Å². The first-order chi connectivity index (χ1) is 17.4. The monoisotopic (exact) mass is 488 g/mol. The summed E-state index contributed by atoms with van der Waals surface area (Å²) in [6.07, 6.45) is 3.19. The number of hydrogen-bond acceptors (Lipinski definition) is 6. The van der Waals surface area contributed by atoms with Gasteiger partial charge in [-0.1, -0.05) is 24.3 Å². The third kappa shape index (κ3) is 4.58. The van der Waals surface area contributed by atoms with E-state index in [1.54, 1.807) is 12.3 Å². The average Bonchev–Trinajstić information content (AvgIpc) is 3.50. The molecule has 0 radical (unpaired) electrons. The number of benzene rings is 2. The second kappa shape index (κ2) is 9.45. The maximum atomic E-state index is 15.0. The summed E-state index contributed by atoms with van der Waals surface area (Å²) >= 11 is 0. The van der Waals surface area contributed by atoms with Crippen LogP contribution in [0.25, 0.3) is 16.5 Å². The number of carbonyl (C=O) groups excluding carboxylic acids is 3. The van der Waals surface area contributed by atoms with Crippen molar-refractivity contribution in [3.05, 3.63) is 78.8 Å². The summed E-state index contributed by atoms with van der Waals surface area (Å²) < 4.78 is 21.6. The van der Waals surface area contributed by atoms with Gasteiger partial charge in [0.25, 0.3) is 5.91 Å². The molecule has 11 heteroatoms. The Labute approximate surface area is 204 Å². The molecule has 2 aromatic carbocycles. The minimum absolute atomic E-state index is 0.0807. The molecule has 0 bridgehead atoms. The molecule has 3 heterocycles. The van der Waals surface area contributed by atoms with Crippen LogP contribution in [0.1, 0.15) is 17.4 Å². The van der Waals surface area contributed by atoms with Gasteiger partial charge in [0.1, 0.15) is 29.8 Å². The molecule has 2 aromatic heterocycles. The molecule has 0 aliphatic carbocycles. The van der Waals surface area contributed by atoms with Crippen molar-refractivity contribution in [3.8, 4) is 5.69 Å². The SMILES string of the molecule is CC(=O)NCC1CN(c2ccc(-n3cnc(C(=O)Nc4nccc5ccccc45)c3)c(F)c2)C(=O)O1. The molecule has 1 aliphatic rings. The molecule has 1 fully saturated rings. The second-order valence-electron chi connectivity index (χ2n) is 8.19. The molecule has 10 nitrogen and oxygen atoms in total. The van der Waals surface area contributed by atoms with Gasteiger partial charge >= 0.3 is 6.09 Å². The van der Waals surface area contributed by atoms with E-state index in [9.17, 15) is 14.4 Å². The van der Waals surface area contributed by atoms with Gasteiger partial charge < -0.3 is 19.9 Å². The number of amides is 3. The van der Waals surface area contributed by atoms with E-state index in [-0.39, 0.29) is 30.4 Å². The summed E-state index contributed by atoms with van der Waals surface area (Å²) in [4.78, 5) is 45.7. The van der Waals surface area contributed by atoms with Crippen LogP contribution >= 0.6 is 0 Å². The van der Waals surface area contributed by atoms with Crippen molar-refractivity contribution in [3.63, 3.8) is 0 Å². The Morgan fingerprint density at radius 1 is 1.17 bits per heavy atom. The molecule has 0 saturated carbocycles. The van der Waals surface area contributed by atoms with Gasteiger partial charge in [0, 0.05) is 24.7 Å². The lowest BCUT2D eigenvalue weighted by Gasteiger charge is -2.14. The topological polar surface area (TPSA) is 118 Å². The zero-order chi connectivity index (χ0) is 25.2. The predicted octanol–water partition coefficient (Wildman–Crippen LogP) is 3.27. The van der Waals surface area contributed by atoms with Crippen LogP contribution in [0.3, 0.4) is 0 Å². The highest BCUT2D eigenvalue weighted by Gasteiger charge is 2.32. The maximum Gasteiger partial charge on any atom is 0.414 e. The van der Waals surface area contributed by atoms with E-state index in [2.05, 4.69) is 20.6 Å². The smallest absolute Gasteiger partial charge is 0.414 e. The standard InChI is InChI=1S/C25H21FN6O4/c1-15(33)28-11-18-12-32(25(35)36-18)17-6-7-22(20(26)10-17)31-13-21(29-14-31)24(34)30-23-19-5-3-2-4-16(19)8-9-27-23/h2-10,13-14,18H,11-12H2,1H3,(H,28,33)(H,27,30,34). The minimum Gasteiger partial charge on any atom is -0.442 e. The molecular weight excluding hydrogens is 467 g/mol. The fourth-order valence-electron chi connectivity index (χ4n) is 3.93. The molecule has 1 atom stereocenters. The number of pyridine rings is 1. The van der Waals surface area contributed by atoms with E-state index in [0.29, 0.717) is 11.5 Å². The van der Waals surface area contributed by atoms with Crippen molar-refractivity contribution in [1.82, 2.24) is 19.9 Å². The highest BCUT2D eigenvalue weighted by Crippen LogP contribution is 2.26. The van der Waals surface area contributed by atoms with E-state index < -0.39 is 23.9 Å². The normalized spacial score (nSPS) is 15.1. The molecular formula is C25H21FN6O4. The van der Waals surface area contributed by atoms with Crippen LogP contribution in [0.15, 0.2) is 67.3 Å². The summed E-state index contributed by atoms with van der Waals surface area (Å²) in [6.45, 7) is 1.72. The van der Waals surface area contributed by atoms with E-state index in [1.165, 1.54) is 41.0 Å². The number of imidazole rings is 1. The Morgan fingerprint density at radius 3 is 2.81 bits per heavy atom. The molecule has 3 amide bonds. The van der Waals surface area contributed by atoms with Crippen molar-refractivity contribution < 1.29 is 23.5 Å². The van der Waals surface area contributed by atoms with Crippen LogP contribution in [-0.2, 0) is 9.53 Å². The number of cyclic esters (lactones) is 1. The fraction of sp³-hybridized carbons (Fsp3) is 0.160. The van der Waals surface area contributed by atoms with Crippen molar-refractivity contribution in [1.29, 1.82) is 0 Å². The fourth-order valence-corrected chi connectivity index (χ4v) is 3.93. The summed E-state index contributed by atoms with van der Waals surface area (Å²) in [5.74, 6) is -0.940. The zero-order valence-corrected chi connectivity index (χ0v) is 19.1. The molecule has 2 N–H and O–H groups in total. The van der Waals surface area contributed by atoms with Crippen LogP contribution in [0.5, 0.6) is 0 Å². The van der Waals surface area contributed by atoms with Gasteiger partial charge in [-0.2, -0.15) is 0 Å². The van der Waals surface area contributed by atoms with Crippen LogP contribution in [0.4, 0.5) is 20.7 Å². The molecule has 4 aromatic rings. The van der Waals surface area contributed by atoms with Gasteiger partial charge in [0.05, 0.1) is 24.5 Å². The molecule has 1 unspecified atom stereocenters. The van der Waals surface area contributed by atoms with E-state index in [1.807, 2.05) is 30.3 Å². The lowest BCUT2D eigenvalue weighted by Crippen LogP contribution is -2.33. The summed E-state index contributed by atoms with van der Waals surface area (Å²) in [7, 11) is 0. The second-order valence-corrected chi connectivity index (χ2v) is 8.19. The molecule has 0 spiro atoms. The maximum absolute atomic E-state index is 15.0. The first kappa shape index (κ1) is 23.0. The Balaban J connectivity index is 1.31. The average molecular weight is 488 g/mol. The van der Waals surface area contributed by atoms with Crippen molar-refractivity contribution in [2.75, 3.05) is 23.3 Å². The minimum atomic E-state index is -0.624. The molecule has 1 saturated heterocycles. The lowest BCUT2D eigenvalue weighted by atomic mass is 10.1. The van der Waals surface area contributed by atoms with Gasteiger partial charge in [-0.25, -0.2) is 19.2 Å². The number of nitrogens with one attached hydrogen (secondary N) is 2. The molecule has 36 heavy (non-hydrogen) atoms. The van der Waals surface area contributed by atoms with Crippen molar-refractivity contribution in [2.45, 2.75) is 13.0 Å². The Hall–Kier alpha value is -4.80.